The molecule has 1 aliphatic heterocycles. The van der Waals surface area contributed by atoms with Gasteiger partial charge in [-0.05, 0) is 58.5 Å². The van der Waals surface area contributed by atoms with Crippen molar-refractivity contribution in [2.75, 3.05) is 0 Å². The Labute approximate surface area is 297 Å². The van der Waals surface area contributed by atoms with Gasteiger partial charge in [0, 0.05) is 54.6 Å². The van der Waals surface area contributed by atoms with Crippen molar-refractivity contribution in [1.29, 1.82) is 0 Å². The van der Waals surface area contributed by atoms with Gasteiger partial charge in [0.2, 0.25) is 5.95 Å². The van der Waals surface area contributed by atoms with Crippen molar-refractivity contribution in [2.45, 2.75) is 16.1 Å². The third-order valence-electron chi connectivity index (χ3n) is 11.0. The molecule has 12 rings (SSSR count). The van der Waals surface area contributed by atoms with Gasteiger partial charge < -0.3 is 4.42 Å². The van der Waals surface area contributed by atoms with Crippen LogP contribution in [0.2, 0.25) is 0 Å². The molecule has 4 heterocycles. The fraction of sp³-hybridized carbons (Fsp3) is 0.0435. The molecule has 0 saturated heterocycles. The number of fused-ring (bicyclic) bond motifs is 16. The van der Waals surface area contributed by atoms with Crippen LogP contribution in [0.5, 0.6) is 0 Å². The number of furan rings is 1. The van der Waals surface area contributed by atoms with Crippen LogP contribution in [0.4, 0.5) is 0 Å². The standard InChI is InChI=1S/C46H27N3OS/c1-2-12-28-26(11-1)21-24-35-42(27-22-23-30-29-13-6-9-19-37(29)50-38(30)25-27)47-46(48-43(28)35)49-36-18-8-5-16-33(36)40-31-14-3-4-15-32(31)41-34-17-7-10-20-39(34)51-45(41)44(40)49/h1-25,41,45H. The van der Waals surface area contributed by atoms with Crippen molar-refractivity contribution < 1.29 is 4.42 Å². The van der Waals surface area contributed by atoms with Gasteiger partial charge in [0.05, 0.1) is 22.0 Å². The van der Waals surface area contributed by atoms with E-state index in [1.807, 2.05) is 23.9 Å². The van der Waals surface area contributed by atoms with Crippen molar-refractivity contribution in [1.82, 2.24) is 14.5 Å². The highest BCUT2D eigenvalue weighted by Gasteiger charge is 2.44. The summed E-state index contributed by atoms with van der Waals surface area (Å²) in [6, 6.07) is 54.4. The molecule has 2 aliphatic rings. The van der Waals surface area contributed by atoms with E-state index in [0.717, 1.165) is 60.4 Å². The monoisotopic (exact) mass is 669 g/mol. The van der Waals surface area contributed by atoms with E-state index in [9.17, 15) is 0 Å². The van der Waals surface area contributed by atoms with E-state index in [1.165, 1.54) is 38.2 Å². The minimum absolute atomic E-state index is 0.168. The number of aromatic nitrogens is 3. The minimum Gasteiger partial charge on any atom is -0.456 e. The number of hydrogen-bond acceptors (Lipinski definition) is 4. The molecule has 0 saturated carbocycles. The van der Waals surface area contributed by atoms with E-state index < -0.39 is 0 Å². The number of rotatable bonds is 2. The Morgan fingerprint density at radius 2 is 1.29 bits per heavy atom. The van der Waals surface area contributed by atoms with Crippen LogP contribution in [0, 0.1) is 0 Å². The van der Waals surface area contributed by atoms with Gasteiger partial charge in [-0.15, -0.1) is 11.8 Å². The molecule has 0 N–H and O–H groups in total. The average molecular weight is 670 g/mol. The van der Waals surface area contributed by atoms with E-state index in [0.29, 0.717) is 5.95 Å². The summed E-state index contributed by atoms with van der Waals surface area (Å²) in [5, 5.41) is 6.90. The minimum atomic E-state index is 0.168. The highest BCUT2D eigenvalue weighted by atomic mass is 32.2. The number of para-hydroxylation sites is 2. The first-order valence-corrected chi connectivity index (χ1v) is 18.3. The SMILES string of the molecule is c1ccc2c(c1)SC1c3c(c4ccccc4n3-c3nc(-c4ccc5c(c4)oc4ccccc45)c4ccc5ccccc5c4n3)-c3ccccc3C21. The maximum atomic E-state index is 6.39. The molecule has 2 unspecified atom stereocenters. The highest BCUT2D eigenvalue weighted by molar-refractivity contribution is 8.00. The van der Waals surface area contributed by atoms with Crippen molar-refractivity contribution >= 4 is 66.3 Å². The van der Waals surface area contributed by atoms with E-state index >= 15 is 0 Å². The normalized spacial score (nSPS) is 16.2. The van der Waals surface area contributed by atoms with Gasteiger partial charge in [-0.25, -0.2) is 9.97 Å². The molecule has 1 aliphatic carbocycles. The predicted octanol–water partition coefficient (Wildman–Crippen LogP) is 12.3. The molecule has 4 nitrogen and oxygen atoms in total. The van der Waals surface area contributed by atoms with Gasteiger partial charge in [0.15, 0.2) is 0 Å². The van der Waals surface area contributed by atoms with Crippen molar-refractivity contribution in [3.05, 3.63) is 168 Å². The van der Waals surface area contributed by atoms with Crippen LogP contribution in [0.25, 0.3) is 82.8 Å². The van der Waals surface area contributed by atoms with Gasteiger partial charge in [0.25, 0.3) is 0 Å². The largest absolute Gasteiger partial charge is 0.456 e. The Kier molecular flexibility index (Phi) is 5.52. The zero-order chi connectivity index (χ0) is 33.2. The Morgan fingerprint density at radius 3 is 2.24 bits per heavy atom. The molecule has 10 aromatic rings. The molecule has 0 radical (unpaired) electrons. The molecular formula is C46H27N3OS. The van der Waals surface area contributed by atoms with E-state index in [4.69, 9.17) is 14.4 Å². The first-order chi connectivity index (χ1) is 25.3. The Balaban J connectivity index is 1.20. The number of nitrogens with zero attached hydrogens (tertiary/aromatic N) is 3. The Bertz CT molecular complexity index is 3100. The second kappa shape index (κ2) is 10.2. The van der Waals surface area contributed by atoms with Crippen LogP contribution in [0.3, 0.4) is 0 Å². The first kappa shape index (κ1) is 27.6. The van der Waals surface area contributed by atoms with Crippen molar-refractivity contribution in [2.24, 2.45) is 0 Å². The van der Waals surface area contributed by atoms with Gasteiger partial charge in [-0.1, -0.05) is 115 Å². The predicted molar refractivity (Wildman–Crippen MR) is 209 cm³/mol. The molecule has 51 heavy (non-hydrogen) atoms. The third kappa shape index (κ3) is 3.76. The summed E-state index contributed by atoms with van der Waals surface area (Å²) >= 11 is 1.97. The molecule has 7 aromatic carbocycles. The van der Waals surface area contributed by atoms with Gasteiger partial charge in [-0.2, -0.15) is 0 Å². The van der Waals surface area contributed by atoms with Crippen molar-refractivity contribution in [3.8, 4) is 28.3 Å². The van der Waals surface area contributed by atoms with Crippen LogP contribution in [-0.2, 0) is 0 Å². The molecular weight excluding hydrogens is 643 g/mol. The molecule has 0 spiro atoms. The lowest BCUT2D eigenvalue weighted by Gasteiger charge is -2.30. The van der Waals surface area contributed by atoms with Crippen LogP contribution in [-0.4, -0.2) is 14.5 Å². The smallest absolute Gasteiger partial charge is 0.235 e. The molecule has 5 heteroatoms. The van der Waals surface area contributed by atoms with E-state index in [2.05, 4.69) is 144 Å². The topological polar surface area (TPSA) is 43.9 Å². The summed E-state index contributed by atoms with van der Waals surface area (Å²) in [4.78, 5) is 12.4. The van der Waals surface area contributed by atoms with E-state index in [1.54, 1.807) is 0 Å². The van der Waals surface area contributed by atoms with E-state index in [-0.39, 0.29) is 11.2 Å². The summed E-state index contributed by atoms with van der Waals surface area (Å²) in [5.41, 5.74) is 12.3. The zero-order valence-electron chi connectivity index (χ0n) is 27.2. The Morgan fingerprint density at radius 1 is 0.569 bits per heavy atom. The van der Waals surface area contributed by atoms with Crippen molar-refractivity contribution in [3.63, 3.8) is 0 Å². The zero-order valence-corrected chi connectivity index (χ0v) is 28.1. The van der Waals surface area contributed by atoms with Crippen LogP contribution < -0.4 is 0 Å². The second-order valence-corrected chi connectivity index (χ2v) is 14.8. The number of benzene rings is 7. The fourth-order valence-corrected chi connectivity index (χ4v) is 10.4. The molecule has 0 bridgehead atoms. The second-order valence-electron chi connectivity index (χ2n) is 13.6. The lowest BCUT2D eigenvalue weighted by atomic mass is 9.77. The summed E-state index contributed by atoms with van der Waals surface area (Å²) in [6.07, 6.45) is 0. The molecule has 2 atom stereocenters. The molecule has 0 fully saturated rings. The Hall–Kier alpha value is -6.17. The average Bonchev–Trinajstić information content (AvgIpc) is 3.87. The maximum absolute atomic E-state index is 6.39. The quantitative estimate of drug-likeness (QED) is 0.172. The fourth-order valence-electron chi connectivity index (χ4n) is 8.83. The van der Waals surface area contributed by atoms with Crippen LogP contribution >= 0.6 is 11.8 Å². The summed E-state index contributed by atoms with van der Waals surface area (Å²) in [7, 11) is 0. The maximum Gasteiger partial charge on any atom is 0.235 e. The molecule has 0 amide bonds. The van der Waals surface area contributed by atoms with Gasteiger partial charge in [-0.3, -0.25) is 4.57 Å². The lowest BCUT2D eigenvalue weighted by molar-refractivity contribution is 0.669. The van der Waals surface area contributed by atoms with Gasteiger partial charge in [0.1, 0.15) is 11.2 Å². The highest BCUT2D eigenvalue weighted by Crippen LogP contribution is 2.64. The number of thioether (sulfide) groups is 1. The van der Waals surface area contributed by atoms with Crippen LogP contribution in [0.15, 0.2) is 161 Å². The van der Waals surface area contributed by atoms with Gasteiger partial charge >= 0.3 is 0 Å². The molecule has 3 aromatic heterocycles. The first-order valence-electron chi connectivity index (χ1n) is 17.4. The number of hydrogen-bond donors (Lipinski definition) is 0. The summed E-state index contributed by atoms with van der Waals surface area (Å²) in [6.45, 7) is 0. The summed E-state index contributed by atoms with van der Waals surface area (Å²) in [5.74, 6) is 0.917. The van der Waals surface area contributed by atoms with Crippen LogP contribution in [0.1, 0.15) is 28.0 Å². The third-order valence-corrected chi connectivity index (χ3v) is 12.4. The summed E-state index contributed by atoms with van der Waals surface area (Å²) < 4.78 is 8.77. The molecule has 238 valence electrons. The lowest BCUT2D eigenvalue weighted by Crippen LogP contribution is -2.17.